The summed E-state index contributed by atoms with van der Waals surface area (Å²) >= 11 is 0. The van der Waals surface area contributed by atoms with E-state index in [-0.39, 0.29) is 17.7 Å². The zero-order valence-electron chi connectivity index (χ0n) is 18.6. The Balaban J connectivity index is 1.46. The molecule has 2 aliphatic heterocycles. The Labute approximate surface area is 182 Å². The second kappa shape index (κ2) is 8.05. The number of carbonyl (C=O) groups is 1. The molecule has 1 fully saturated rings. The highest BCUT2D eigenvalue weighted by Gasteiger charge is 2.31. The van der Waals surface area contributed by atoms with Crippen LogP contribution < -0.4 is 0 Å². The van der Waals surface area contributed by atoms with Crippen LogP contribution in [-0.4, -0.2) is 48.8 Å². The molecule has 1 atom stereocenters. The smallest absolute Gasteiger partial charge is 0.259 e. The van der Waals surface area contributed by atoms with E-state index in [1.54, 1.807) is 0 Å². The van der Waals surface area contributed by atoms with Crippen LogP contribution in [0.1, 0.15) is 91.2 Å². The van der Waals surface area contributed by atoms with Crippen LogP contribution in [0.3, 0.4) is 0 Å². The summed E-state index contributed by atoms with van der Waals surface area (Å²) in [5.41, 5.74) is 2.65. The maximum absolute atomic E-state index is 13.7. The fourth-order valence-electron chi connectivity index (χ4n) is 4.93. The quantitative estimate of drug-likeness (QED) is 0.634. The molecule has 5 rings (SSSR count). The number of hydrogen-bond acceptors (Lipinski definition) is 6. The molecule has 0 aliphatic carbocycles. The maximum Gasteiger partial charge on any atom is 0.259 e. The van der Waals surface area contributed by atoms with Crippen molar-refractivity contribution in [3.63, 3.8) is 0 Å². The fraction of sp³-hybridized carbons (Fsp3) is 0.609. The normalized spacial score (nSPS) is 19.6. The molecule has 2 aliphatic rings. The van der Waals surface area contributed by atoms with Gasteiger partial charge in [-0.15, -0.1) is 10.2 Å². The van der Waals surface area contributed by atoms with Gasteiger partial charge in [-0.1, -0.05) is 25.4 Å². The molecule has 0 spiro atoms. The van der Waals surface area contributed by atoms with Crippen molar-refractivity contribution in [1.82, 2.24) is 29.8 Å². The molecule has 3 aromatic heterocycles. The average molecular weight is 423 g/mol. The molecule has 3 aromatic rings. The topological polar surface area (TPSA) is 89.9 Å². The summed E-state index contributed by atoms with van der Waals surface area (Å²) in [6.45, 7) is 8.41. The summed E-state index contributed by atoms with van der Waals surface area (Å²) in [5, 5.41) is 13.8. The van der Waals surface area contributed by atoms with Gasteiger partial charge in [0.25, 0.3) is 11.6 Å². The van der Waals surface area contributed by atoms with Crippen molar-refractivity contribution < 1.29 is 9.32 Å². The molecule has 164 valence electrons. The van der Waals surface area contributed by atoms with Crippen LogP contribution >= 0.6 is 0 Å². The molecule has 31 heavy (non-hydrogen) atoms. The number of nitrogens with zero attached hydrogens (tertiary/aromatic N) is 6. The molecular formula is C23H30N6O2. The van der Waals surface area contributed by atoms with Gasteiger partial charge in [-0.05, 0) is 44.6 Å². The van der Waals surface area contributed by atoms with Crippen molar-refractivity contribution in [2.75, 3.05) is 13.1 Å². The Morgan fingerprint density at radius 1 is 1.16 bits per heavy atom. The lowest BCUT2D eigenvalue weighted by molar-refractivity contribution is 0.0704. The van der Waals surface area contributed by atoms with Crippen molar-refractivity contribution in [2.45, 2.75) is 77.7 Å². The first-order valence-corrected chi connectivity index (χ1v) is 11.5. The number of hydrogen-bond donors (Lipinski definition) is 0. The third-order valence-electron chi connectivity index (χ3n) is 6.67. The molecule has 0 saturated carbocycles. The van der Waals surface area contributed by atoms with E-state index >= 15 is 0 Å². The Morgan fingerprint density at radius 2 is 2.03 bits per heavy atom. The first-order chi connectivity index (χ1) is 15.0. The van der Waals surface area contributed by atoms with Gasteiger partial charge in [0.1, 0.15) is 11.6 Å². The minimum atomic E-state index is 0.0286. The van der Waals surface area contributed by atoms with Crippen LogP contribution in [0.4, 0.5) is 0 Å². The van der Waals surface area contributed by atoms with E-state index in [1.165, 1.54) is 19.3 Å². The third-order valence-corrected chi connectivity index (χ3v) is 6.67. The minimum absolute atomic E-state index is 0.0286. The summed E-state index contributed by atoms with van der Waals surface area (Å²) in [6, 6.07) is 1.92. The van der Waals surface area contributed by atoms with E-state index in [0.717, 1.165) is 55.1 Å². The highest BCUT2D eigenvalue weighted by Crippen LogP contribution is 2.31. The van der Waals surface area contributed by atoms with Gasteiger partial charge in [-0.25, -0.2) is 4.98 Å². The second-order valence-electron chi connectivity index (χ2n) is 9.22. The molecule has 8 nitrogen and oxygen atoms in total. The van der Waals surface area contributed by atoms with Crippen molar-refractivity contribution >= 4 is 17.0 Å². The van der Waals surface area contributed by atoms with Crippen LogP contribution in [0.2, 0.25) is 0 Å². The minimum Gasteiger partial charge on any atom is -0.338 e. The van der Waals surface area contributed by atoms with Crippen LogP contribution in [0.15, 0.2) is 10.6 Å². The number of aryl methyl sites for hydroxylation is 2. The SMILES string of the molecule is Cc1noc2nc(C(C)C)cc(C(=O)N3CCCC(c4nnc5n4CCCCC5)C3)c12. The monoisotopic (exact) mass is 422 g/mol. The van der Waals surface area contributed by atoms with Gasteiger partial charge in [-0.2, -0.15) is 0 Å². The molecular weight excluding hydrogens is 392 g/mol. The standard InChI is InChI=1S/C23H30N6O2/c1-14(2)18-12-17(20-15(3)27-31-22(20)24-18)23(30)28-10-7-8-16(13-28)21-26-25-19-9-5-4-6-11-29(19)21/h12,14,16H,4-11,13H2,1-3H3. The van der Waals surface area contributed by atoms with E-state index < -0.39 is 0 Å². The van der Waals surface area contributed by atoms with Crippen LogP contribution in [0.5, 0.6) is 0 Å². The molecule has 0 bridgehead atoms. The molecule has 1 amide bonds. The summed E-state index contributed by atoms with van der Waals surface area (Å²) < 4.78 is 7.74. The predicted octanol–water partition coefficient (Wildman–Crippen LogP) is 3.99. The number of likely N-dealkylation sites (tertiary alicyclic amines) is 1. The number of piperidine rings is 1. The molecule has 8 heteroatoms. The maximum atomic E-state index is 13.7. The van der Waals surface area contributed by atoms with E-state index in [0.29, 0.717) is 23.5 Å². The first-order valence-electron chi connectivity index (χ1n) is 11.5. The van der Waals surface area contributed by atoms with Crippen molar-refractivity contribution in [3.05, 3.63) is 34.7 Å². The number of fused-ring (bicyclic) bond motifs is 2. The van der Waals surface area contributed by atoms with E-state index in [1.807, 2.05) is 17.9 Å². The summed E-state index contributed by atoms with van der Waals surface area (Å²) in [7, 11) is 0. The van der Waals surface area contributed by atoms with Gasteiger partial charge < -0.3 is 14.0 Å². The van der Waals surface area contributed by atoms with E-state index in [4.69, 9.17) is 4.52 Å². The van der Waals surface area contributed by atoms with Gasteiger partial charge in [0.2, 0.25) is 0 Å². The van der Waals surface area contributed by atoms with Gasteiger partial charge in [0.15, 0.2) is 0 Å². The number of rotatable bonds is 3. The molecule has 0 radical (unpaired) electrons. The second-order valence-corrected chi connectivity index (χ2v) is 9.22. The number of pyridine rings is 1. The lowest BCUT2D eigenvalue weighted by Crippen LogP contribution is -2.40. The first kappa shape index (κ1) is 20.2. The third kappa shape index (κ3) is 3.62. The number of aromatic nitrogens is 5. The lowest BCUT2D eigenvalue weighted by Gasteiger charge is -2.32. The highest BCUT2D eigenvalue weighted by atomic mass is 16.5. The molecule has 0 aromatic carbocycles. The molecule has 1 saturated heterocycles. The summed E-state index contributed by atoms with van der Waals surface area (Å²) in [6.07, 6.45) is 6.60. The Kier molecular flexibility index (Phi) is 5.24. The van der Waals surface area contributed by atoms with Crippen LogP contribution in [-0.2, 0) is 13.0 Å². The zero-order chi connectivity index (χ0) is 21.5. The average Bonchev–Trinajstić information content (AvgIpc) is 3.28. The van der Waals surface area contributed by atoms with Gasteiger partial charge in [-0.3, -0.25) is 4.79 Å². The van der Waals surface area contributed by atoms with E-state index in [9.17, 15) is 4.79 Å². The van der Waals surface area contributed by atoms with E-state index in [2.05, 4.69) is 38.8 Å². The van der Waals surface area contributed by atoms with Crippen molar-refractivity contribution in [2.24, 2.45) is 0 Å². The largest absolute Gasteiger partial charge is 0.338 e. The van der Waals surface area contributed by atoms with Crippen LogP contribution in [0, 0.1) is 6.92 Å². The molecule has 0 N–H and O–H groups in total. The highest BCUT2D eigenvalue weighted by molar-refractivity contribution is 6.06. The molecule has 1 unspecified atom stereocenters. The molecule has 5 heterocycles. The predicted molar refractivity (Wildman–Crippen MR) is 116 cm³/mol. The summed E-state index contributed by atoms with van der Waals surface area (Å²) in [5.74, 6) is 2.61. The van der Waals surface area contributed by atoms with Crippen LogP contribution in [0.25, 0.3) is 11.1 Å². The summed E-state index contributed by atoms with van der Waals surface area (Å²) in [4.78, 5) is 20.2. The number of carbonyl (C=O) groups excluding carboxylic acids is 1. The Bertz CT molecular complexity index is 1110. The number of amides is 1. The van der Waals surface area contributed by atoms with Gasteiger partial charge in [0.05, 0.1) is 16.6 Å². The lowest BCUT2D eigenvalue weighted by atomic mass is 9.95. The Hall–Kier alpha value is -2.77. The van der Waals surface area contributed by atoms with Gasteiger partial charge in [0, 0.05) is 37.7 Å². The van der Waals surface area contributed by atoms with Crippen molar-refractivity contribution in [3.8, 4) is 0 Å². The Morgan fingerprint density at radius 3 is 2.87 bits per heavy atom. The fourth-order valence-corrected chi connectivity index (χ4v) is 4.93. The van der Waals surface area contributed by atoms with Crippen molar-refractivity contribution in [1.29, 1.82) is 0 Å². The van der Waals surface area contributed by atoms with Gasteiger partial charge >= 0.3 is 0 Å². The zero-order valence-corrected chi connectivity index (χ0v) is 18.6.